The van der Waals surface area contributed by atoms with Gasteiger partial charge in [-0.05, 0) is 35.9 Å². The summed E-state index contributed by atoms with van der Waals surface area (Å²) < 4.78 is 1.87. The number of hydrogen-bond acceptors (Lipinski definition) is 3. The number of halogens is 1. The van der Waals surface area contributed by atoms with Crippen molar-refractivity contribution in [3.63, 3.8) is 0 Å². The Labute approximate surface area is 109 Å². The van der Waals surface area contributed by atoms with Gasteiger partial charge in [0.25, 0.3) is 0 Å². The monoisotopic (exact) mass is 258 g/mol. The van der Waals surface area contributed by atoms with Crippen LogP contribution in [0.3, 0.4) is 0 Å². The standard InChI is InChI=1S/C13H11ClN4/c1-2-12-16-17-13(14)18(12)11-7-3-6-10-9(11)5-4-8-15-10/h3-8H,2H2,1H3. The van der Waals surface area contributed by atoms with Crippen LogP contribution >= 0.6 is 11.6 Å². The maximum absolute atomic E-state index is 6.13. The van der Waals surface area contributed by atoms with E-state index < -0.39 is 0 Å². The average molecular weight is 259 g/mol. The first-order valence-corrected chi connectivity index (χ1v) is 6.13. The first-order chi connectivity index (χ1) is 8.81. The summed E-state index contributed by atoms with van der Waals surface area (Å²) in [6.45, 7) is 2.03. The van der Waals surface area contributed by atoms with Crippen LogP contribution in [0, 0.1) is 0 Å². The normalized spacial score (nSPS) is 11.0. The Morgan fingerprint density at radius 3 is 2.89 bits per heavy atom. The molecular weight excluding hydrogens is 248 g/mol. The van der Waals surface area contributed by atoms with E-state index in [1.165, 1.54) is 0 Å². The molecule has 0 saturated carbocycles. The molecule has 0 spiro atoms. The topological polar surface area (TPSA) is 43.6 Å². The van der Waals surface area contributed by atoms with E-state index in [2.05, 4.69) is 15.2 Å². The maximum atomic E-state index is 6.13. The van der Waals surface area contributed by atoms with Gasteiger partial charge in [-0.15, -0.1) is 10.2 Å². The van der Waals surface area contributed by atoms with Gasteiger partial charge in [0.15, 0.2) is 0 Å². The lowest BCUT2D eigenvalue weighted by Gasteiger charge is -2.09. The Hall–Kier alpha value is -1.94. The van der Waals surface area contributed by atoms with E-state index in [4.69, 9.17) is 11.6 Å². The molecular formula is C13H11ClN4. The lowest BCUT2D eigenvalue weighted by atomic mass is 10.2. The molecule has 18 heavy (non-hydrogen) atoms. The highest BCUT2D eigenvalue weighted by atomic mass is 35.5. The first kappa shape index (κ1) is 11.2. The molecule has 0 aliphatic rings. The van der Waals surface area contributed by atoms with Gasteiger partial charge in [0.2, 0.25) is 5.28 Å². The highest BCUT2D eigenvalue weighted by molar-refractivity contribution is 6.28. The third-order valence-electron chi connectivity index (χ3n) is 2.87. The van der Waals surface area contributed by atoms with Gasteiger partial charge in [0.05, 0.1) is 11.2 Å². The Balaban J connectivity index is 2.35. The third-order valence-corrected chi connectivity index (χ3v) is 3.12. The van der Waals surface area contributed by atoms with Crippen molar-refractivity contribution in [2.75, 3.05) is 0 Å². The van der Waals surface area contributed by atoms with Crippen LogP contribution in [0.25, 0.3) is 16.6 Å². The second-order valence-electron chi connectivity index (χ2n) is 3.92. The average Bonchev–Trinajstić information content (AvgIpc) is 2.79. The number of hydrogen-bond donors (Lipinski definition) is 0. The van der Waals surface area contributed by atoms with Crippen molar-refractivity contribution in [3.8, 4) is 5.69 Å². The van der Waals surface area contributed by atoms with Gasteiger partial charge in [0, 0.05) is 18.0 Å². The second-order valence-corrected chi connectivity index (χ2v) is 4.26. The van der Waals surface area contributed by atoms with Crippen LogP contribution in [0.5, 0.6) is 0 Å². The van der Waals surface area contributed by atoms with Gasteiger partial charge in [-0.3, -0.25) is 9.55 Å². The lowest BCUT2D eigenvalue weighted by molar-refractivity contribution is 0.887. The quantitative estimate of drug-likeness (QED) is 0.710. The molecule has 0 unspecified atom stereocenters. The predicted octanol–water partition coefficient (Wildman–Crippen LogP) is 3.03. The number of aromatic nitrogens is 4. The van der Waals surface area contributed by atoms with Gasteiger partial charge in [-0.1, -0.05) is 13.0 Å². The van der Waals surface area contributed by atoms with Gasteiger partial charge < -0.3 is 0 Å². The molecule has 0 fully saturated rings. The molecule has 0 amide bonds. The summed E-state index contributed by atoms with van der Waals surface area (Å²) >= 11 is 6.13. The van der Waals surface area contributed by atoms with Crippen molar-refractivity contribution in [2.45, 2.75) is 13.3 Å². The Kier molecular flexibility index (Phi) is 2.72. The number of pyridine rings is 1. The molecule has 0 N–H and O–H groups in total. The number of rotatable bonds is 2. The molecule has 1 aromatic carbocycles. The molecule has 0 aliphatic carbocycles. The van der Waals surface area contributed by atoms with Gasteiger partial charge in [-0.2, -0.15) is 0 Å². The molecule has 2 heterocycles. The summed E-state index contributed by atoms with van der Waals surface area (Å²) in [6, 6.07) is 9.87. The van der Waals surface area contributed by atoms with Crippen LogP contribution in [0.2, 0.25) is 5.28 Å². The van der Waals surface area contributed by atoms with Gasteiger partial charge >= 0.3 is 0 Å². The molecule has 0 saturated heterocycles. The van der Waals surface area contributed by atoms with Crippen LogP contribution < -0.4 is 0 Å². The SMILES string of the molecule is CCc1nnc(Cl)n1-c1cccc2ncccc12. The zero-order valence-corrected chi connectivity index (χ0v) is 10.6. The summed E-state index contributed by atoms with van der Waals surface area (Å²) in [6.07, 6.45) is 2.55. The molecule has 3 rings (SSSR count). The van der Waals surface area contributed by atoms with Crippen molar-refractivity contribution in [3.05, 3.63) is 47.6 Å². The first-order valence-electron chi connectivity index (χ1n) is 5.75. The number of fused-ring (bicyclic) bond motifs is 1. The molecule has 0 radical (unpaired) electrons. The summed E-state index contributed by atoms with van der Waals surface area (Å²) in [5.41, 5.74) is 1.90. The molecule has 0 atom stereocenters. The lowest BCUT2D eigenvalue weighted by Crippen LogP contribution is -2.01. The van der Waals surface area contributed by atoms with Crippen LogP contribution in [-0.2, 0) is 6.42 Å². The minimum absolute atomic E-state index is 0.378. The van der Waals surface area contributed by atoms with Gasteiger partial charge in [0.1, 0.15) is 5.82 Å². The van der Waals surface area contributed by atoms with E-state index in [0.717, 1.165) is 28.8 Å². The van der Waals surface area contributed by atoms with Crippen LogP contribution in [0.4, 0.5) is 0 Å². The van der Waals surface area contributed by atoms with Crippen LogP contribution in [0.1, 0.15) is 12.7 Å². The van der Waals surface area contributed by atoms with Crippen molar-refractivity contribution in [1.82, 2.24) is 19.7 Å². The maximum Gasteiger partial charge on any atom is 0.229 e. The molecule has 5 heteroatoms. The van der Waals surface area contributed by atoms with E-state index in [1.54, 1.807) is 6.20 Å². The fourth-order valence-electron chi connectivity index (χ4n) is 2.04. The zero-order valence-electron chi connectivity index (χ0n) is 9.84. The van der Waals surface area contributed by atoms with Crippen molar-refractivity contribution < 1.29 is 0 Å². The van der Waals surface area contributed by atoms with E-state index >= 15 is 0 Å². The smallest absolute Gasteiger partial charge is 0.229 e. The highest BCUT2D eigenvalue weighted by Crippen LogP contribution is 2.24. The van der Waals surface area contributed by atoms with Crippen LogP contribution in [0.15, 0.2) is 36.5 Å². The summed E-state index contributed by atoms with van der Waals surface area (Å²) in [5, 5.41) is 9.42. The van der Waals surface area contributed by atoms with E-state index in [9.17, 15) is 0 Å². The Bertz CT molecular complexity index is 700. The van der Waals surface area contributed by atoms with Gasteiger partial charge in [-0.25, -0.2) is 0 Å². The zero-order chi connectivity index (χ0) is 12.5. The Morgan fingerprint density at radius 1 is 1.17 bits per heavy atom. The van der Waals surface area contributed by atoms with Crippen molar-refractivity contribution >= 4 is 22.5 Å². The minimum atomic E-state index is 0.378. The molecule has 0 bridgehead atoms. The third kappa shape index (κ3) is 1.66. The molecule has 4 nitrogen and oxygen atoms in total. The largest absolute Gasteiger partial charge is 0.269 e. The molecule has 90 valence electrons. The highest BCUT2D eigenvalue weighted by Gasteiger charge is 2.12. The summed E-state index contributed by atoms with van der Waals surface area (Å²) in [5.74, 6) is 0.844. The Morgan fingerprint density at radius 2 is 2.06 bits per heavy atom. The summed E-state index contributed by atoms with van der Waals surface area (Å²) in [7, 11) is 0. The molecule has 0 aliphatic heterocycles. The summed E-state index contributed by atoms with van der Waals surface area (Å²) in [4.78, 5) is 4.34. The van der Waals surface area contributed by atoms with E-state index in [-0.39, 0.29) is 0 Å². The fourth-order valence-corrected chi connectivity index (χ4v) is 2.27. The van der Waals surface area contributed by atoms with Crippen LogP contribution in [-0.4, -0.2) is 19.7 Å². The number of aryl methyl sites for hydroxylation is 1. The van der Waals surface area contributed by atoms with E-state index in [1.807, 2.05) is 41.8 Å². The number of nitrogens with zero attached hydrogens (tertiary/aromatic N) is 4. The van der Waals surface area contributed by atoms with Crippen molar-refractivity contribution in [2.24, 2.45) is 0 Å². The van der Waals surface area contributed by atoms with E-state index in [0.29, 0.717) is 5.28 Å². The minimum Gasteiger partial charge on any atom is -0.269 e. The molecule has 3 aromatic rings. The van der Waals surface area contributed by atoms with Crippen molar-refractivity contribution in [1.29, 1.82) is 0 Å². The fraction of sp³-hybridized carbons (Fsp3) is 0.154. The predicted molar refractivity (Wildman–Crippen MR) is 71.0 cm³/mol. The number of benzene rings is 1. The molecule has 2 aromatic heterocycles. The second kappa shape index (κ2) is 4.38.